The minimum absolute atomic E-state index is 0. The van der Waals surface area contributed by atoms with E-state index in [4.69, 9.17) is 15.2 Å². The molecule has 0 aromatic heterocycles. The van der Waals surface area contributed by atoms with Gasteiger partial charge in [0, 0.05) is 11.8 Å². The van der Waals surface area contributed by atoms with Crippen molar-refractivity contribution in [3.05, 3.63) is 18.2 Å². The highest BCUT2D eigenvalue weighted by Gasteiger charge is 2.39. The lowest BCUT2D eigenvalue weighted by Gasteiger charge is -2.26. The number of carbonyl (C=O) groups excluding carboxylic acids is 2. The monoisotopic (exact) mass is 357 g/mol. The molecule has 1 aliphatic heterocycles. The van der Waals surface area contributed by atoms with E-state index in [9.17, 15) is 9.59 Å². The summed E-state index contributed by atoms with van der Waals surface area (Å²) in [7, 11) is 1.50. The molecular weight excluding hydrogens is 334 g/mol. The van der Waals surface area contributed by atoms with E-state index in [1.807, 2.05) is 6.92 Å². The number of anilines is 1. The Bertz CT molecular complexity index is 589. The highest BCUT2D eigenvalue weighted by atomic mass is 35.5. The molecule has 0 aliphatic carbocycles. The van der Waals surface area contributed by atoms with E-state index in [0.29, 0.717) is 17.2 Å². The summed E-state index contributed by atoms with van der Waals surface area (Å²) in [6.45, 7) is 2.58. The molecule has 1 saturated heterocycles. The molecule has 2 amide bonds. The Morgan fingerprint density at radius 2 is 2.12 bits per heavy atom. The lowest BCUT2D eigenvalue weighted by atomic mass is 9.93. The van der Waals surface area contributed by atoms with Gasteiger partial charge in [-0.15, -0.1) is 12.4 Å². The normalized spacial score (nSPS) is 19.2. The average Bonchev–Trinajstić information content (AvgIpc) is 3.03. The predicted octanol–water partition coefficient (Wildman–Crippen LogP) is 1.45. The molecule has 0 saturated carbocycles. The number of nitrogens with one attached hydrogen (secondary N) is 2. The van der Waals surface area contributed by atoms with Gasteiger partial charge in [0.2, 0.25) is 5.91 Å². The third-order valence-electron chi connectivity index (χ3n) is 4.07. The van der Waals surface area contributed by atoms with E-state index in [1.165, 1.54) is 7.11 Å². The number of hydrogen-bond donors (Lipinski definition) is 3. The maximum absolute atomic E-state index is 12.6. The minimum Gasteiger partial charge on any atom is -0.493 e. The van der Waals surface area contributed by atoms with E-state index in [-0.39, 0.29) is 24.9 Å². The second kappa shape index (κ2) is 8.75. The van der Waals surface area contributed by atoms with E-state index >= 15 is 0 Å². The highest BCUT2D eigenvalue weighted by Crippen LogP contribution is 2.31. The molecule has 1 aromatic rings. The Balaban J connectivity index is 0.00000288. The number of halogens is 1. The molecule has 1 aromatic carbocycles. The van der Waals surface area contributed by atoms with Crippen molar-refractivity contribution in [3.63, 3.8) is 0 Å². The molecule has 4 N–H and O–H groups in total. The Morgan fingerprint density at radius 3 is 2.67 bits per heavy atom. The fourth-order valence-corrected chi connectivity index (χ4v) is 2.73. The van der Waals surface area contributed by atoms with E-state index < -0.39 is 11.4 Å². The van der Waals surface area contributed by atoms with Crippen molar-refractivity contribution in [2.45, 2.75) is 31.7 Å². The van der Waals surface area contributed by atoms with Gasteiger partial charge >= 0.3 is 0 Å². The van der Waals surface area contributed by atoms with Crippen molar-refractivity contribution < 1.29 is 19.1 Å². The Labute approximate surface area is 147 Å². The van der Waals surface area contributed by atoms with Crippen LogP contribution in [-0.4, -0.2) is 37.6 Å². The van der Waals surface area contributed by atoms with Crippen LogP contribution in [0.3, 0.4) is 0 Å². The number of nitrogens with two attached hydrogens (primary N) is 1. The highest BCUT2D eigenvalue weighted by molar-refractivity contribution is 5.98. The number of rotatable bonds is 7. The zero-order valence-corrected chi connectivity index (χ0v) is 14.7. The number of primary amides is 1. The Hall–Kier alpha value is -1.99. The van der Waals surface area contributed by atoms with Gasteiger partial charge in [-0.2, -0.15) is 0 Å². The first kappa shape index (κ1) is 20.1. The van der Waals surface area contributed by atoms with Crippen LogP contribution in [0.1, 0.15) is 26.2 Å². The van der Waals surface area contributed by atoms with Crippen LogP contribution in [0.4, 0.5) is 5.69 Å². The van der Waals surface area contributed by atoms with Crippen LogP contribution in [-0.2, 0) is 9.59 Å². The molecule has 8 heteroatoms. The lowest BCUT2D eigenvalue weighted by molar-refractivity contribution is -0.122. The van der Waals surface area contributed by atoms with Gasteiger partial charge in [-0.25, -0.2) is 0 Å². The van der Waals surface area contributed by atoms with Crippen LogP contribution >= 0.6 is 12.4 Å². The van der Waals surface area contributed by atoms with Gasteiger partial charge in [-0.05, 0) is 37.9 Å². The van der Waals surface area contributed by atoms with E-state index in [1.54, 1.807) is 18.2 Å². The topological polar surface area (TPSA) is 103 Å². The summed E-state index contributed by atoms with van der Waals surface area (Å²) in [5.41, 5.74) is 5.15. The standard InChI is InChI=1S/C16H23N3O4.ClH/c1-3-16(7-4-8-18-16)15(21)19-11-5-6-12(22-2)13(9-11)23-10-14(17)20;/h5-6,9,18H,3-4,7-8,10H2,1-2H3,(H2,17,20)(H,19,21);1H. The summed E-state index contributed by atoms with van der Waals surface area (Å²) in [6, 6.07) is 5.02. The smallest absolute Gasteiger partial charge is 0.255 e. The number of ether oxygens (including phenoxy) is 2. The first-order chi connectivity index (χ1) is 11.0. The summed E-state index contributed by atoms with van der Waals surface area (Å²) in [5, 5.41) is 6.19. The van der Waals surface area contributed by atoms with Gasteiger partial charge in [0.05, 0.1) is 12.6 Å². The van der Waals surface area contributed by atoms with Crippen LogP contribution in [0.15, 0.2) is 18.2 Å². The maximum Gasteiger partial charge on any atom is 0.255 e. The molecule has 1 unspecified atom stereocenters. The van der Waals surface area contributed by atoms with E-state index in [2.05, 4.69) is 10.6 Å². The summed E-state index contributed by atoms with van der Waals surface area (Å²) in [4.78, 5) is 23.4. The van der Waals surface area contributed by atoms with Crippen molar-refractivity contribution in [2.75, 3.05) is 25.6 Å². The van der Waals surface area contributed by atoms with Gasteiger partial charge in [0.15, 0.2) is 18.1 Å². The summed E-state index contributed by atoms with van der Waals surface area (Å²) in [5.74, 6) is 0.174. The van der Waals surface area contributed by atoms with Crippen LogP contribution in [0.5, 0.6) is 11.5 Å². The van der Waals surface area contributed by atoms with Crippen LogP contribution in [0.2, 0.25) is 0 Å². The van der Waals surface area contributed by atoms with Crippen molar-refractivity contribution in [2.24, 2.45) is 5.73 Å². The van der Waals surface area contributed by atoms with Crippen molar-refractivity contribution >= 4 is 29.9 Å². The number of amides is 2. The molecule has 0 bridgehead atoms. The fourth-order valence-electron chi connectivity index (χ4n) is 2.73. The van der Waals surface area contributed by atoms with Crippen LogP contribution in [0, 0.1) is 0 Å². The number of carbonyl (C=O) groups is 2. The first-order valence-electron chi connectivity index (χ1n) is 7.66. The molecule has 0 spiro atoms. The van der Waals surface area contributed by atoms with Crippen LogP contribution < -0.4 is 25.8 Å². The molecular formula is C16H24ClN3O4. The minimum atomic E-state index is -0.582. The van der Waals surface area contributed by atoms with Gasteiger partial charge in [-0.3, -0.25) is 9.59 Å². The second-order valence-corrected chi connectivity index (χ2v) is 5.54. The van der Waals surface area contributed by atoms with E-state index in [0.717, 1.165) is 25.8 Å². The number of hydrogen-bond acceptors (Lipinski definition) is 5. The predicted molar refractivity (Wildman–Crippen MR) is 93.8 cm³/mol. The summed E-state index contributed by atoms with van der Waals surface area (Å²) in [6.07, 6.45) is 2.52. The van der Waals surface area contributed by atoms with Gasteiger partial charge in [-0.1, -0.05) is 6.92 Å². The molecule has 0 radical (unpaired) electrons. The largest absolute Gasteiger partial charge is 0.493 e. The molecule has 1 heterocycles. The molecule has 24 heavy (non-hydrogen) atoms. The molecule has 2 rings (SSSR count). The summed E-state index contributed by atoms with van der Waals surface area (Å²) >= 11 is 0. The number of benzene rings is 1. The van der Waals surface area contributed by atoms with Gasteiger partial charge in [0.1, 0.15) is 0 Å². The second-order valence-electron chi connectivity index (χ2n) is 5.54. The third-order valence-corrected chi connectivity index (χ3v) is 4.07. The zero-order valence-electron chi connectivity index (χ0n) is 13.9. The van der Waals surface area contributed by atoms with Crippen molar-refractivity contribution in [1.82, 2.24) is 5.32 Å². The molecule has 1 aliphatic rings. The fraction of sp³-hybridized carbons (Fsp3) is 0.500. The third kappa shape index (κ3) is 4.52. The van der Waals surface area contributed by atoms with Gasteiger partial charge in [0.25, 0.3) is 5.91 Å². The Kier molecular flexibility index (Phi) is 7.31. The van der Waals surface area contributed by atoms with Crippen molar-refractivity contribution in [1.29, 1.82) is 0 Å². The SMILES string of the molecule is CCC1(C(=O)Nc2ccc(OC)c(OCC(N)=O)c2)CCCN1.Cl. The molecule has 1 atom stereocenters. The first-order valence-corrected chi connectivity index (χ1v) is 7.66. The van der Waals surface area contributed by atoms with Crippen molar-refractivity contribution in [3.8, 4) is 11.5 Å². The lowest BCUT2D eigenvalue weighted by Crippen LogP contribution is -2.50. The average molecular weight is 358 g/mol. The molecule has 134 valence electrons. The van der Waals surface area contributed by atoms with Crippen LogP contribution in [0.25, 0.3) is 0 Å². The summed E-state index contributed by atoms with van der Waals surface area (Å²) < 4.78 is 10.5. The maximum atomic E-state index is 12.6. The van der Waals surface area contributed by atoms with Gasteiger partial charge < -0.3 is 25.8 Å². The Morgan fingerprint density at radius 1 is 1.38 bits per heavy atom. The molecule has 1 fully saturated rings. The number of methoxy groups -OCH3 is 1. The zero-order chi connectivity index (χ0) is 16.9. The quantitative estimate of drug-likeness (QED) is 0.685. The molecule has 7 nitrogen and oxygen atoms in total.